The predicted octanol–water partition coefficient (Wildman–Crippen LogP) is 2.09. The molecule has 0 fully saturated rings. The molecular formula is C9H13N5OS2. The summed E-state index contributed by atoms with van der Waals surface area (Å²) in [4.78, 5) is 0. The first-order valence-electron chi connectivity index (χ1n) is 5.00. The fraction of sp³-hybridized carbons (Fsp3) is 0.556. The zero-order chi connectivity index (χ0) is 12.5. The highest BCUT2D eigenvalue weighted by Gasteiger charge is 2.21. The molecule has 0 bridgehead atoms. The van der Waals surface area contributed by atoms with Gasteiger partial charge in [-0.2, -0.15) is 0 Å². The summed E-state index contributed by atoms with van der Waals surface area (Å²) in [7, 11) is 0. The van der Waals surface area contributed by atoms with E-state index in [1.807, 2.05) is 20.8 Å². The zero-order valence-corrected chi connectivity index (χ0v) is 11.4. The molecule has 6 nitrogen and oxygen atoms in total. The molecule has 0 amide bonds. The lowest BCUT2D eigenvalue weighted by Gasteiger charge is -2.10. The molecular weight excluding hydrogens is 258 g/mol. The highest BCUT2D eigenvalue weighted by molar-refractivity contribution is 8.00. The SMILES string of the molecule is CC(C)(C)c1nnc(CSc2nnc(N)s2)o1. The molecule has 0 saturated heterocycles. The fourth-order valence-electron chi connectivity index (χ4n) is 1.02. The van der Waals surface area contributed by atoms with E-state index in [0.717, 1.165) is 4.34 Å². The second kappa shape index (κ2) is 4.61. The van der Waals surface area contributed by atoms with Crippen molar-refractivity contribution in [1.29, 1.82) is 0 Å². The van der Waals surface area contributed by atoms with Crippen molar-refractivity contribution < 1.29 is 4.42 Å². The monoisotopic (exact) mass is 271 g/mol. The summed E-state index contributed by atoms with van der Waals surface area (Å²) in [6.45, 7) is 6.09. The Morgan fingerprint density at radius 1 is 1.24 bits per heavy atom. The summed E-state index contributed by atoms with van der Waals surface area (Å²) in [5.41, 5.74) is 5.37. The van der Waals surface area contributed by atoms with E-state index in [9.17, 15) is 0 Å². The quantitative estimate of drug-likeness (QED) is 0.855. The molecule has 92 valence electrons. The standard InChI is InChI=1S/C9H13N5OS2/c1-9(2,3)6-12-11-5(15-6)4-16-8-14-13-7(10)17-8/h4H2,1-3H3,(H2,10,13). The highest BCUT2D eigenvalue weighted by Crippen LogP contribution is 2.27. The molecule has 0 spiro atoms. The van der Waals surface area contributed by atoms with Crippen LogP contribution in [0.15, 0.2) is 8.76 Å². The van der Waals surface area contributed by atoms with E-state index in [1.54, 1.807) is 0 Å². The summed E-state index contributed by atoms with van der Waals surface area (Å²) < 4.78 is 6.36. The second-order valence-corrected chi connectivity index (χ2v) is 6.68. The molecule has 0 aliphatic carbocycles. The van der Waals surface area contributed by atoms with Crippen LogP contribution in [0.25, 0.3) is 0 Å². The molecule has 0 aliphatic heterocycles. The summed E-state index contributed by atoms with van der Waals surface area (Å²) in [5, 5.41) is 16.1. The molecule has 2 N–H and O–H groups in total. The van der Waals surface area contributed by atoms with E-state index < -0.39 is 0 Å². The van der Waals surface area contributed by atoms with Gasteiger partial charge in [0.15, 0.2) is 4.34 Å². The van der Waals surface area contributed by atoms with Gasteiger partial charge in [-0.15, -0.1) is 20.4 Å². The number of hydrogen-bond acceptors (Lipinski definition) is 8. The minimum absolute atomic E-state index is 0.122. The van der Waals surface area contributed by atoms with E-state index in [-0.39, 0.29) is 5.41 Å². The molecule has 0 aromatic carbocycles. The van der Waals surface area contributed by atoms with Gasteiger partial charge in [-0.1, -0.05) is 43.9 Å². The minimum atomic E-state index is -0.122. The Kier molecular flexibility index (Phi) is 3.34. The van der Waals surface area contributed by atoms with Crippen LogP contribution in [-0.2, 0) is 11.2 Å². The van der Waals surface area contributed by atoms with Crippen molar-refractivity contribution >= 4 is 28.2 Å². The van der Waals surface area contributed by atoms with Crippen LogP contribution in [0.1, 0.15) is 32.6 Å². The normalized spacial score (nSPS) is 11.9. The van der Waals surface area contributed by atoms with Gasteiger partial charge in [0.05, 0.1) is 5.75 Å². The Morgan fingerprint density at radius 2 is 2.00 bits per heavy atom. The summed E-state index contributed by atoms with van der Waals surface area (Å²) in [6, 6.07) is 0. The molecule has 17 heavy (non-hydrogen) atoms. The molecule has 0 saturated carbocycles. The summed E-state index contributed by atoms with van der Waals surface area (Å²) >= 11 is 2.83. The number of anilines is 1. The van der Waals surface area contributed by atoms with Crippen LogP contribution >= 0.6 is 23.1 Å². The van der Waals surface area contributed by atoms with Gasteiger partial charge in [0, 0.05) is 5.41 Å². The first kappa shape index (κ1) is 12.3. The molecule has 0 unspecified atom stereocenters. The third-order valence-corrected chi connectivity index (χ3v) is 3.72. The van der Waals surface area contributed by atoms with Gasteiger partial charge in [0.1, 0.15) is 0 Å². The maximum Gasteiger partial charge on any atom is 0.226 e. The lowest BCUT2D eigenvalue weighted by Crippen LogP contribution is -2.11. The predicted molar refractivity (Wildman–Crippen MR) is 66.9 cm³/mol. The van der Waals surface area contributed by atoms with Crippen LogP contribution in [-0.4, -0.2) is 20.4 Å². The molecule has 0 atom stereocenters. The number of hydrogen-bond donors (Lipinski definition) is 1. The largest absolute Gasteiger partial charge is 0.424 e. The molecule has 0 aliphatic rings. The van der Waals surface area contributed by atoms with E-state index >= 15 is 0 Å². The smallest absolute Gasteiger partial charge is 0.226 e. The summed E-state index contributed by atoms with van der Waals surface area (Å²) in [6.07, 6.45) is 0. The van der Waals surface area contributed by atoms with Gasteiger partial charge in [0.25, 0.3) is 0 Å². The lowest BCUT2D eigenvalue weighted by atomic mass is 9.97. The maximum atomic E-state index is 5.56. The van der Waals surface area contributed by atoms with Crippen LogP contribution in [0.4, 0.5) is 5.13 Å². The van der Waals surface area contributed by atoms with Crippen LogP contribution in [0.5, 0.6) is 0 Å². The molecule has 2 heterocycles. The van der Waals surface area contributed by atoms with Crippen LogP contribution in [0.2, 0.25) is 0 Å². The van der Waals surface area contributed by atoms with Crippen LogP contribution in [0, 0.1) is 0 Å². The molecule has 2 rings (SSSR count). The number of aromatic nitrogens is 4. The Morgan fingerprint density at radius 3 is 2.53 bits per heavy atom. The number of thioether (sulfide) groups is 1. The van der Waals surface area contributed by atoms with E-state index in [0.29, 0.717) is 22.7 Å². The van der Waals surface area contributed by atoms with Gasteiger partial charge >= 0.3 is 0 Å². The third-order valence-electron chi connectivity index (χ3n) is 1.85. The number of nitrogens with two attached hydrogens (primary N) is 1. The molecule has 8 heteroatoms. The fourth-order valence-corrected chi connectivity index (χ4v) is 2.49. The average molecular weight is 271 g/mol. The van der Waals surface area contributed by atoms with Crippen molar-refractivity contribution in [2.45, 2.75) is 36.3 Å². The average Bonchev–Trinajstić information content (AvgIpc) is 2.82. The second-order valence-electron chi connectivity index (χ2n) is 4.45. The van der Waals surface area contributed by atoms with Crippen LogP contribution < -0.4 is 5.73 Å². The zero-order valence-electron chi connectivity index (χ0n) is 9.80. The van der Waals surface area contributed by atoms with Crippen molar-refractivity contribution in [3.8, 4) is 0 Å². The first-order valence-corrected chi connectivity index (χ1v) is 6.80. The highest BCUT2D eigenvalue weighted by atomic mass is 32.2. The van der Waals surface area contributed by atoms with Gasteiger partial charge in [-0.05, 0) is 0 Å². The number of rotatable bonds is 3. The van der Waals surface area contributed by atoms with Gasteiger partial charge in [-0.3, -0.25) is 0 Å². The lowest BCUT2D eigenvalue weighted by molar-refractivity contribution is 0.378. The molecule has 2 aromatic heterocycles. The molecule has 0 radical (unpaired) electrons. The van der Waals surface area contributed by atoms with E-state index in [4.69, 9.17) is 10.2 Å². The van der Waals surface area contributed by atoms with Gasteiger partial charge in [0.2, 0.25) is 16.9 Å². The van der Waals surface area contributed by atoms with Crippen molar-refractivity contribution in [3.05, 3.63) is 11.8 Å². The van der Waals surface area contributed by atoms with Crippen molar-refractivity contribution in [2.24, 2.45) is 0 Å². The van der Waals surface area contributed by atoms with Crippen molar-refractivity contribution in [3.63, 3.8) is 0 Å². The van der Waals surface area contributed by atoms with Crippen molar-refractivity contribution in [2.75, 3.05) is 5.73 Å². The van der Waals surface area contributed by atoms with E-state index in [2.05, 4.69) is 20.4 Å². The topological polar surface area (TPSA) is 90.7 Å². The summed E-state index contributed by atoms with van der Waals surface area (Å²) in [5.74, 6) is 1.82. The molecule has 2 aromatic rings. The Balaban J connectivity index is 1.98. The third kappa shape index (κ3) is 3.16. The Labute approximate surface area is 107 Å². The van der Waals surface area contributed by atoms with E-state index in [1.165, 1.54) is 23.1 Å². The minimum Gasteiger partial charge on any atom is -0.424 e. The number of nitrogen functional groups attached to an aromatic ring is 1. The van der Waals surface area contributed by atoms with Gasteiger partial charge < -0.3 is 10.2 Å². The maximum absolute atomic E-state index is 5.56. The van der Waals surface area contributed by atoms with Crippen LogP contribution in [0.3, 0.4) is 0 Å². The Bertz CT molecular complexity index is 501. The number of nitrogens with zero attached hydrogens (tertiary/aromatic N) is 4. The Hall–Kier alpha value is -1.15. The van der Waals surface area contributed by atoms with Gasteiger partial charge in [-0.25, -0.2) is 0 Å². The first-order chi connectivity index (χ1) is 7.95. The van der Waals surface area contributed by atoms with Crippen molar-refractivity contribution in [1.82, 2.24) is 20.4 Å².